The average Bonchev–Trinajstić information content (AvgIpc) is 2.75. The van der Waals surface area contributed by atoms with Crippen molar-refractivity contribution in [3.05, 3.63) is 29.8 Å². The molecule has 1 atom stereocenters. The van der Waals surface area contributed by atoms with Gasteiger partial charge in [0, 0.05) is 18.3 Å². The molecule has 1 aromatic carbocycles. The molecule has 2 amide bonds. The summed E-state index contributed by atoms with van der Waals surface area (Å²) >= 11 is 0. The SMILES string of the molecule is CCCS(=O)(=O)N1CC(=O)N(c2ccccc2CC)[C@@](C)(C(=O)NC2CCCCCCC2)C1. The Morgan fingerprint density at radius 2 is 1.73 bits per heavy atom. The zero-order valence-electron chi connectivity index (χ0n) is 20.3. The summed E-state index contributed by atoms with van der Waals surface area (Å²) in [5.74, 6) is -0.674. The summed E-state index contributed by atoms with van der Waals surface area (Å²) < 4.78 is 27.0. The van der Waals surface area contributed by atoms with Crippen LogP contribution in [0.2, 0.25) is 0 Å². The van der Waals surface area contributed by atoms with Crippen molar-refractivity contribution in [2.45, 2.75) is 90.1 Å². The van der Waals surface area contributed by atoms with Gasteiger partial charge in [0.05, 0.1) is 12.3 Å². The summed E-state index contributed by atoms with van der Waals surface area (Å²) in [6, 6.07) is 7.63. The number of nitrogens with one attached hydrogen (secondary N) is 1. The summed E-state index contributed by atoms with van der Waals surface area (Å²) in [7, 11) is -3.63. The molecule has 0 bridgehead atoms. The van der Waals surface area contributed by atoms with E-state index in [0.29, 0.717) is 18.5 Å². The monoisotopic (exact) mass is 477 g/mol. The van der Waals surface area contributed by atoms with Crippen molar-refractivity contribution < 1.29 is 18.0 Å². The summed E-state index contributed by atoms with van der Waals surface area (Å²) in [4.78, 5) is 28.9. The van der Waals surface area contributed by atoms with Crippen LogP contribution >= 0.6 is 0 Å². The molecule has 0 spiro atoms. The number of carbonyl (C=O) groups excluding carboxylic acids is 2. The number of aryl methyl sites for hydroxylation is 1. The van der Waals surface area contributed by atoms with Crippen molar-refractivity contribution >= 4 is 27.5 Å². The van der Waals surface area contributed by atoms with Crippen LogP contribution in [-0.4, -0.2) is 55.0 Å². The number of piperazine rings is 1. The van der Waals surface area contributed by atoms with E-state index in [1.54, 1.807) is 18.7 Å². The molecule has 1 saturated heterocycles. The van der Waals surface area contributed by atoms with Gasteiger partial charge in [0.1, 0.15) is 5.54 Å². The van der Waals surface area contributed by atoms with E-state index in [1.165, 1.54) is 23.6 Å². The van der Waals surface area contributed by atoms with Gasteiger partial charge in [0.25, 0.3) is 0 Å². The van der Waals surface area contributed by atoms with Crippen LogP contribution < -0.4 is 10.2 Å². The molecule has 1 aromatic rings. The van der Waals surface area contributed by atoms with Crippen molar-refractivity contribution in [2.24, 2.45) is 0 Å². The van der Waals surface area contributed by atoms with E-state index in [0.717, 1.165) is 31.2 Å². The van der Waals surface area contributed by atoms with Gasteiger partial charge in [-0.1, -0.05) is 64.2 Å². The van der Waals surface area contributed by atoms with Crippen LogP contribution in [0.3, 0.4) is 0 Å². The van der Waals surface area contributed by atoms with Crippen molar-refractivity contribution in [3.8, 4) is 0 Å². The predicted octanol–water partition coefficient (Wildman–Crippen LogP) is 3.63. The van der Waals surface area contributed by atoms with Gasteiger partial charge in [-0.25, -0.2) is 8.42 Å². The molecule has 3 rings (SSSR count). The third-order valence-electron chi connectivity index (χ3n) is 6.94. The van der Waals surface area contributed by atoms with Crippen LogP contribution in [0, 0.1) is 0 Å². The highest BCUT2D eigenvalue weighted by atomic mass is 32.2. The molecule has 1 heterocycles. The Labute approximate surface area is 199 Å². The number of anilines is 1. The normalized spacial score (nSPS) is 23.7. The van der Waals surface area contributed by atoms with Crippen LogP contribution in [0.5, 0.6) is 0 Å². The second-order valence-electron chi connectivity index (χ2n) is 9.58. The lowest BCUT2D eigenvalue weighted by atomic mass is 9.91. The Bertz CT molecular complexity index is 941. The first-order chi connectivity index (χ1) is 15.7. The van der Waals surface area contributed by atoms with E-state index in [4.69, 9.17) is 0 Å². The smallest absolute Gasteiger partial charge is 0.247 e. The molecule has 0 aromatic heterocycles. The third kappa shape index (κ3) is 5.77. The standard InChI is InChI=1S/C25H39N3O4S/c1-4-17-33(31,32)27-18-23(29)28(22-16-12-11-13-20(22)5-2)25(3,19-27)24(30)26-21-14-9-7-6-8-10-15-21/h11-13,16,21H,4-10,14-15,17-19H2,1-3H3,(H,26,30)/t25-/m1/s1. The molecular formula is C25H39N3O4S. The van der Waals surface area contributed by atoms with Gasteiger partial charge < -0.3 is 5.32 Å². The van der Waals surface area contributed by atoms with Gasteiger partial charge in [0.15, 0.2) is 0 Å². The summed E-state index contributed by atoms with van der Waals surface area (Å²) in [5.41, 5.74) is 0.317. The second-order valence-corrected chi connectivity index (χ2v) is 11.7. The fourth-order valence-corrected chi connectivity index (χ4v) is 6.62. The van der Waals surface area contributed by atoms with Gasteiger partial charge in [-0.2, -0.15) is 4.31 Å². The summed E-state index contributed by atoms with van der Waals surface area (Å²) in [5, 5.41) is 3.20. The van der Waals surface area contributed by atoms with Gasteiger partial charge in [-0.05, 0) is 44.2 Å². The Morgan fingerprint density at radius 1 is 1.09 bits per heavy atom. The highest BCUT2D eigenvalue weighted by Crippen LogP contribution is 2.34. The van der Waals surface area contributed by atoms with Crippen molar-refractivity contribution in [3.63, 3.8) is 0 Å². The molecule has 33 heavy (non-hydrogen) atoms. The van der Waals surface area contributed by atoms with Crippen LogP contribution in [0.4, 0.5) is 5.69 Å². The van der Waals surface area contributed by atoms with Gasteiger partial charge >= 0.3 is 0 Å². The van der Waals surface area contributed by atoms with Crippen molar-refractivity contribution in [1.82, 2.24) is 9.62 Å². The van der Waals surface area contributed by atoms with Crippen molar-refractivity contribution in [1.29, 1.82) is 0 Å². The third-order valence-corrected chi connectivity index (χ3v) is 8.91. The predicted molar refractivity (Wildman–Crippen MR) is 132 cm³/mol. The van der Waals surface area contributed by atoms with Crippen LogP contribution in [0.25, 0.3) is 0 Å². The summed E-state index contributed by atoms with van der Waals surface area (Å²) in [6.45, 7) is 5.23. The molecule has 2 aliphatic rings. The number of benzene rings is 1. The van der Waals surface area contributed by atoms with E-state index < -0.39 is 15.6 Å². The quantitative estimate of drug-likeness (QED) is 0.650. The lowest BCUT2D eigenvalue weighted by molar-refractivity contribution is -0.133. The number of hydrogen-bond donors (Lipinski definition) is 1. The van der Waals surface area contributed by atoms with Crippen molar-refractivity contribution in [2.75, 3.05) is 23.7 Å². The zero-order chi connectivity index (χ0) is 24.1. The van der Waals surface area contributed by atoms with Gasteiger partial charge in [-0.3, -0.25) is 14.5 Å². The number of sulfonamides is 1. The maximum atomic E-state index is 13.8. The fourth-order valence-electron chi connectivity index (χ4n) is 5.09. The van der Waals surface area contributed by atoms with Gasteiger partial charge in [0.2, 0.25) is 21.8 Å². The summed E-state index contributed by atoms with van der Waals surface area (Å²) in [6.07, 6.45) is 8.71. The highest BCUT2D eigenvalue weighted by Gasteiger charge is 2.51. The lowest BCUT2D eigenvalue weighted by Gasteiger charge is -2.47. The number of rotatable bonds is 7. The number of para-hydroxylation sites is 1. The van der Waals surface area contributed by atoms with E-state index in [9.17, 15) is 18.0 Å². The Balaban J connectivity index is 1.98. The first kappa shape index (κ1) is 25.7. The maximum Gasteiger partial charge on any atom is 0.247 e. The van der Waals surface area contributed by atoms with E-state index in [1.807, 2.05) is 31.2 Å². The average molecular weight is 478 g/mol. The minimum Gasteiger partial charge on any atom is -0.351 e. The van der Waals surface area contributed by atoms with E-state index >= 15 is 0 Å². The van der Waals surface area contributed by atoms with E-state index in [2.05, 4.69) is 5.32 Å². The largest absolute Gasteiger partial charge is 0.351 e. The second kappa shape index (κ2) is 11.0. The molecule has 1 N–H and O–H groups in total. The molecule has 0 unspecified atom stereocenters. The molecule has 184 valence electrons. The Hall–Kier alpha value is -1.93. The zero-order valence-corrected chi connectivity index (χ0v) is 21.1. The lowest BCUT2D eigenvalue weighted by Crippen LogP contribution is -2.71. The van der Waals surface area contributed by atoms with Crippen LogP contribution in [0.1, 0.15) is 77.7 Å². The molecule has 7 nitrogen and oxygen atoms in total. The van der Waals surface area contributed by atoms with Crippen LogP contribution in [-0.2, 0) is 26.0 Å². The fraction of sp³-hybridized carbons (Fsp3) is 0.680. The Kier molecular flexibility index (Phi) is 8.56. The molecule has 8 heteroatoms. The van der Waals surface area contributed by atoms with E-state index in [-0.39, 0.29) is 36.7 Å². The Morgan fingerprint density at radius 3 is 2.36 bits per heavy atom. The topological polar surface area (TPSA) is 86.8 Å². The molecule has 1 saturated carbocycles. The first-order valence-electron chi connectivity index (χ1n) is 12.4. The molecular weight excluding hydrogens is 438 g/mol. The first-order valence-corrected chi connectivity index (χ1v) is 14.0. The number of hydrogen-bond acceptors (Lipinski definition) is 4. The van der Waals surface area contributed by atoms with Crippen LogP contribution in [0.15, 0.2) is 24.3 Å². The molecule has 1 aliphatic carbocycles. The molecule has 1 aliphatic heterocycles. The number of amides is 2. The highest BCUT2D eigenvalue weighted by molar-refractivity contribution is 7.89. The minimum atomic E-state index is -3.63. The molecule has 2 fully saturated rings. The maximum absolute atomic E-state index is 13.8. The molecule has 0 radical (unpaired) electrons. The number of nitrogens with zero attached hydrogens (tertiary/aromatic N) is 2. The minimum absolute atomic E-state index is 0.0356. The van der Waals surface area contributed by atoms with Gasteiger partial charge in [-0.15, -0.1) is 0 Å². The number of carbonyl (C=O) groups is 2.